The number of hydrogen-bond acceptors (Lipinski definition) is 4. The van der Waals surface area contributed by atoms with Gasteiger partial charge >= 0.3 is 0 Å². The number of benzene rings is 1. The molecule has 1 saturated heterocycles. The molecule has 1 atom stereocenters. The van der Waals surface area contributed by atoms with Gasteiger partial charge in [0, 0.05) is 43.7 Å². The van der Waals surface area contributed by atoms with Gasteiger partial charge in [-0.05, 0) is 40.5 Å². The molecule has 0 bridgehead atoms. The summed E-state index contributed by atoms with van der Waals surface area (Å²) in [5.74, 6) is 3.44. The van der Waals surface area contributed by atoms with E-state index in [-0.39, 0.29) is 0 Å². The first-order valence-electron chi connectivity index (χ1n) is 7.07. The molecule has 1 aromatic carbocycles. The number of hydrogen-bond donors (Lipinski definition) is 1. The number of methoxy groups -OCH3 is 1. The molecule has 1 N–H and O–H groups in total. The van der Waals surface area contributed by atoms with E-state index in [1.165, 1.54) is 30.2 Å². The van der Waals surface area contributed by atoms with Crippen molar-refractivity contribution < 1.29 is 4.74 Å². The first-order chi connectivity index (χ1) is 9.70. The van der Waals surface area contributed by atoms with E-state index in [4.69, 9.17) is 4.74 Å². The monoisotopic (exact) mass is 358 g/mol. The van der Waals surface area contributed by atoms with Crippen molar-refractivity contribution >= 4 is 27.7 Å². The standard InChI is InChI=1S/C15H23BrN2OS/c1-12(13-3-4-15(19-2)14(16)11-13)17-5-6-18-7-9-20-10-8-18/h3-4,11-12,17H,5-10H2,1-2H3. The molecule has 1 aromatic rings. The second-order valence-electron chi connectivity index (χ2n) is 5.02. The summed E-state index contributed by atoms with van der Waals surface area (Å²) in [6, 6.07) is 6.63. The van der Waals surface area contributed by atoms with Crippen LogP contribution in [-0.2, 0) is 0 Å². The summed E-state index contributed by atoms with van der Waals surface area (Å²) in [5, 5.41) is 3.60. The van der Waals surface area contributed by atoms with Crippen LogP contribution in [0.5, 0.6) is 5.75 Å². The molecule has 1 unspecified atom stereocenters. The Morgan fingerprint density at radius 2 is 2.15 bits per heavy atom. The molecule has 5 heteroatoms. The minimum absolute atomic E-state index is 0.358. The fourth-order valence-corrected chi connectivity index (χ4v) is 3.87. The minimum Gasteiger partial charge on any atom is -0.496 e. The number of nitrogens with one attached hydrogen (secondary N) is 1. The van der Waals surface area contributed by atoms with Crippen LogP contribution < -0.4 is 10.1 Å². The van der Waals surface area contributed by atoms with Gasteiger partial charge in [0.1, 0.15) is 5.75 Å². The van der Waals surface area contributed by atoms with E-state index in [0.717, 1.165) is 23.3 Å². The summed E-state index contributed by atoms with van der Waals surface area (Å²) in [6.07, 6.45) is 0. The van der Waals surface area contributed by atoms with Gasteiger partial charge in [-0.2, -0.15) is 11.8 Å². The summed E-state index contributed by atoms with van der Waals surface area (Å²) >= 11 is 5.60. The molecular weight excluding hydrogens is 336 g/mol. The van der Waals surface area contributed by atoms with Gasteiger partial charge in [-0.15, -0.1) is 0 Å². The molecule has 0 saturated carbocycles. The Balaban J connectivity index is 1.79. The van der Waals surface area contributed by atoms with Gasteiger partial charge in [0.25, 0.3) is 0 Å². The van der Waals surface area contributed by atoms with Crippen LogP contribution in [0.4, 0.5) is 0 Å². The predicted octanol–water partition coefficient (Wildman–Crippen LogP) is 3.16. The molecule has 1 fully saturated rings. The van der Waals surface area contributed by atoms with Crippen LogP contribution in [0.3, 0.4) is 0 Å². The van der Waals surface area contributed by atoms with Gasteiger partial charge in [-0.1, -0.05) is 6.07 Å². The minimum atomic E-state index is 0.358. The Bertz CT molecular complexity index is 424. The molecule has 0 radical (unpaired) electrons. The molecular formula is C15H23BrN2OS. The zero-order chi connectivity index (χ0) is 14.4. The molecule has 0 aliphatic carbocycles. The highest BCUT2D eigenvalue weighted by atomic mass is 79.9. The van der Waals surface area contributed by atoms with E-state index in [2.05, 4.69) is 57.0 Å². The third kappa shape index (κ3) is 4.65. The largest absolute Gasteiger partial charge is 0.496 e. The number of ether oxygens (including phenoxy) is 1. The number of thioether (sulfide) groups is 1. The molecule has 2 rings (SSSR count). The van der Waals surface area contributed by atoms with E-state index < -0.39 is 0 Å². The van der Waals surface area contributed by atoms with E-state index in [9.17, 15) is 0 Å². The zero-order valence-electron chi connectivity index (χ0n) is 12.2. The van der Waals surface area contributed by atoms with Crippen molar-refractivity contribution in [1.29, 1.82) is 0 Å². The second kappa shape index (κ2) is 8.27. The smallest absolute Gasteiger partial charge is 0.133 e. The van der Waals surface area contributed by atoms with Crippen molar-refractivity contribution in [2.75, 3.05) is 44.8 Å². The molecule has 20 heavy (non-hydrogen) atoms. The maximum atomic E-state index is 5.26. The van der Waals surface area contributed by atoms with Crippen molar-refractivity contribution in [2.24, 2.45) is 0 Å². The molecule has 1 heterocycles. The Labute approximate surface area is 134 Å². The van der Waals surface area contributed by atoms with Crippen LogP contribution in [0.2, 0.25) is 0 Å². The number of halogens is 1. The van der Waals surface area contributed by atoms with Gasteiger partial charge in [0.05, 0.1) is 11.6 Å². The quantitative estimate of drug-likeness (QED) is 0.843. The van der Waals surface area contributed by atoms with Gasteiger partial charge < -0.3 is 15.0 Å². The second-order valence-corrected chi connectivity index (χ2v) is 7.10. The summed E-state index contributed by atoms with van der Waals surface area (Å²) < 4.78 is 6.28. The van der Waals surface area contributed by atoms with Gasteiger partial charge in [0.15, 0.2) is 0 Å². The van der Waals surface area contributed by atoms with Gasteiger partial charge in [-0.3, -0.25) is 0 Å². The summed E-state index contributed by atoms with van der Waals surface area (Å²) in [5.41, 5.74) is 1.28. The molecule has 1 aliphatic heterocycles. The molecule has 0 amide bonds. The average molecular weight is 359 g/mol. The Hall–Kier alpha value is -0.230. The van der Waals surface area contributed by atoms with Crippen molar-refractivity contribution in [3.63, 3.8) is 0 Å². The fourth-order valence-electron chi connectivity index (χ4n) is 2.33. The SMILES string of the molecule is COc1ccc(C(C)NCCN2CCSCC2)cc1Br. The summed E-state index contributed by atoms with van der Waals surface area (Å²) in [4.78, 5) is 2.54. The fraction of sp³-hybridized carbons (Fsp3) is 0.600. The van der Waals surface area contributed by atoms with Gasteiger partial charge in [0.2, 0.25) is 0 Å². The lowest BCUT2D eigenvalue weighted by Crippen LogP contribution is -2.38. The van der Waals surface area contributed by atoms with Crippen LogP contribution in [0, 0.1) is 0 Å². The summed E-state index contributed by atoms with van der Waals surface area (Å²) in [6.45, 7) is 6.85. The third-order valence-electron chi connectivity index (χ3n) is 3.66. The predicted molar refractivity (Wildman–Crippen MR) is 90.9 cm³/mol. The molecule has 0 aromatic heterocycles. The molecule has 3 nitrogen and oxygen atoms in total. The van der Waals surface area contributed by atoms with Crippen LogP contribution in [0.1, 0.15) is 18.5 Å². The van der Waals surface area contributed by atoms with Crippen LogP contribution in [0.25, 0.3) is 0 Å². The van der Waals surface area contributed by atoms with Crippen molar-refractivity contribution in [2.45, 2.75) is 13.0 Å². The third-order valence-corrected chi connectivity index (χ3v) is 5.22. The Kier molecular flexibility index (Phi) is 6.68. The molecule has 112 valence electrons. The van der Waals surface area contributed by atoms with E-state index in [1.54, 1.807) is 7.11 Å². The highest BCUT2D eigenvalue weighted by Gasteiger charge is 2.11. The average Bonchev–Trinajstić information content (AvgIpc) is 2.48. The van der Waals surface area contributed by atoms with E-state index in [0.29, 0.717) is 6.04 Å². The number of rotatable bonds is 6. The zero-order valence-corrected chi connectivity index (χ0v) is 14.6. The maximum Gasteiger partial charge on any atom is 0.133 e. The first-order valence-corrected chi connectivity index (χ1v) is 9.02. The Morgan fingerprint density at radius 1 is 1.40 bits per heavy atom. The van der Waals surface area contributed by atoms with Crippen molar-refractivity contribution in [3.05, 3.63) is 28.2 Å². The lowest BCUT2D eigenvalue weighted by molar-refractivity contribution is 0.296. The maximum absolute atomic E-state index is 5.26. The lowest BCUT2D eigenvalue weighted by Gasteiger charge is -2.27. The topological polar surface area (TPSA) is 24.5 Å². The van der Waals surface area contributed by atoms with Crippen LogP contribution >= 0.6 is 27.7 Å². The molecule has 1 aliphatic rings. The summed E-state index contributed by atoms with van der Waals surface area (Å²) in [7, 11) is 1.69. The number of nitrogens with zero attached hydrogens (tertiary/aromatic N) is 1. The highest BCUT2D eigenvalue weighted by molar-refractivity contribution is 9.10. The Morgan fingerprint density at radius 3 is 2.80 bits per heavy atom. The normalized spacial score (nSPS) is 17.9. The lowest BCUT2D eigenvalue weighted by atomic mass is 10.1. The van der Waals surface area contributed by atoms with E-state index in [1.807, 2.05) is 6.07 Å². The van der Waals surface area contributed by atoms with Crippen LogP contribution in [-0.4, -0.2) is 49.7 Å². The first kappa shape index (κ1) is 16.1. The molecule has 0 spiro atoms. The van der Waals surface area contributed by atoms with Crippen molar-refractivity contribution in [3.8, 4) is 5.75 Å². The van der Waals surface area contributed by atoms with E-state index >= 15 is 0 Å². The van der Waals surface area contributed by atoms with Crippen molar-refractivity contribution in [1.82, 2.24) is 10.2 Å². The highest BCUT2D eigenvalue weighted by Crippen LogP contribution is 2.27. The van der Waals surface area contributed by atoms with Crippen LogP contribution in [0.15, 0.2) is 22.7 Å². The van der Waals surface area contributed by atoms with Gasteiger partial charge in [-0.25, -0.2) is 0 Å².